The predicted molar refractivity (Wildman–Crippen MR) is 109 cm³/mol. The Morgan fingerprint density at radius 3 is 1.85 bits per heavy atom. The minimum absolute atomic E-state index is 0. The van der Waals surface area contributed by atoms with Gasteiger partial charge in [-0.25, -0.2) is 0 Å². The van der Waals surface area contributed by atoms with Crippen LogP contribution in [0, 0.1) is 0 Å². The van der Waals surface area contributed by atoms with Crippen LogP contribution in [0.5, 0.6) is 23.0 Å². The van der Waals surface area contributed by atoms with E-state index in [1.54, 1.807) is 0 Å². The fourth-order valence-electron chi connectivity index (χ4n) is 2.63. The van der Waals surface area contributed by atoms with Crippen LogP contribution in [0.25, 0.3) is 0 Å². The van der Waals surface area contributed by atoms with Crippen LogP contribution in [0.1, 0.15) is 31.4 Å². The Balaban J connectivity index is 0.00000243. The lowest BCUT2D eigenvalue weighted by Crippen LogP contribution is -2.09. The third-order valence-electron chi connectivity index (χ3n) is 3.94. The summed E-state index contributed by atoms with van der Waals surface area (Å²) < 4.78 is 12.1. The zero-order valence-corrected chi connectivity index (χ0v) is 15.6. The number of halogens is 1. The number of benzene rings is 3. The van der Waals surface area contributed by atoms with Gasteiger partial charge in [0, 0.05) is 6.04 Å². The van der Waals surface area contributed by atoms with Gasteiger partial charge in [0.05, 0.1) is 0 Å². The van der Waals surface area contributed by atoms with Crippen LogP contribution < -0.4 is 15.2 Å². The van der Waals surface area contributed by atoms with Gasteiger partial charge >= 0.3 is 0 Å². The van der Waals surface area contributed by atoms with Crippen molar-refractivity contribution in [3.05, 3.63) is 84.4 Å². The van der Waals surface area contributed by atoms with Crippen LogP contribution in [0.4, 0.5) is 0 Å². The third kappa shape index (κ3) is 5.25. The minimum atomic E-state index is -0.00565. The normalized spacial score (nSPS) is 11.3. The van der Waals surface area contributed by atoms with E-state index in [0.717, 1.165) is 29.9 Å². The second kappa shape index (κ2) is 9.85. The Hall–Kier alpha value is -2.49. The van der Waals surface area contributed by atoms with E-state index in [2.05, 4.69) is 6.92 Å². The van der Waals surface area contributed by atoms with Crippen molar-refractivity contribution in [2.24, 2.45) is 5.73 Å². The average Bonchev–Trinajstić information content (AvgIpc) is 2.65. The molecular formula is C22H24ClNO2. The summed E-state index contributed by atoms with van der Waals surface area (Å²) in [6, 6.07) is 25.3. The molecule has 0 aliphatic carbocycles. The zero-order chi connectivity index (χ0) is 17.5. The minimum Gasteiger partial charge on any atom is -0.453 e. The van der Waals surface area contributed by atoms with Crippen LogP contribution in [0.2, 0.25) is 0 Å². The average molecular weight is 370 g/mol. The Morgan fingerprint density at radius 2 is 1.31 bits per heavy atom. The molecule has 0 bridgehead atoms. The standard InChI is InChI=1S/C22H23NO2.ClH/c1-2-9-20(23)17-14-15-21(24-18-10-5-3-6-11-18)22(16-17)25-19-12-7-4-8-13-19;/h3-8,10-16,20H,2,9,23H2,1H3;1H/t20-;/m0./s1. The number of hydrogen-bond acceptors (Lipinski definition) is 3. The van der Waals surface area contributed by atoms with Gasteiger partial charge in [0.2, 0.25) is 0 Å². The lowest BCUT2D eigenvalue weighted by molar-refractivity contribution is 0.417. The van der Waals surface area contributed by atoms with Gasteiger partial charge in [-0.2, -0.15) is 0 Å². The molecule has 3 aromatic rings. The topological polar surface area (TPSA) is 44.5 Å². The highest BCUT2D eigenvalue weighted by Crippen LogP contribution is 2.37. The fourth-order valence-corrected chi connectivity index (χ4v) is 2.63. The summed E-state index contributed by atoms with van der Waals surface area (Å²) in [5, 5.41) is 0. The van der Waals surface area contributed by atoms with Crippen LogP contribution in [-0.4, -0.2) is 0 Å². The molecule has 0 radical (unpaired) electrons. The molecule has 0 spiro atoms. The van der Waals surface area contributed by atoms with Gasteiger partial charge in [-0.05, 0) is 48.4 Å². The van der Waals surface area contributed by atoms with Gasteiger partial charge in [0.15, 0.2) is 11.5 Å². The van der Waals surface area contributed by atoms with Gasteiger partial charge in [-0.3, -0.25) is 0 Å². The molecule has 136 valence electrons. The summed E-state index contributed by atoms with van der Waals surface area (Å²) in [5.41, 5.74) is 7.32. The Kier molecular flexibility index (Phi) is 7.52. The molecule has 26 heavy (non-hydrogen) atoms. The van der Waals surface area contributed by atoms with E-state index in [-0.39, 0.29) is 18.4 Å². The first-order chi connectivity index (χ1) is 12.3. The van der Waals surface area contributed by atoms with E-state index in [4.69, 9.17) is 15.2 Å². The first-order valence-electron chi connectivity index (χ1n) is 8.61. The number of ether oxygens (including phenoxy) is 2. The molecule has 0 amide bonds. The fraction of sp³-hybridized carbons (Fsp3) is 0.182. The maximum Gasteiger partial charge on any atom is 0.170 e. The van der Waals surface area contributed by atoms with E-state index in [1.807, 2.05) is 78.9 Å². The summed E-state index contributed by atoms with van der Waals surface area (Å²) >= 11 is 0. The number of rotatable bonds is 7. The molecule has 2 N–H and O–H groups in total. The highest BCUT2D eigenvalue weighted by atomic mass is 35.5. The summed E-state index contributed by atoms with van der Waals surface area (Å²) in [6.45, 7) is 2.13. The number of nitrogens with two attached hydrogens (primary N) is 1. The van der Waals surface area contributed by atoms with Crippen molar-refractivity contribution < 1.29 is 9.47 Å². The Labute approximate surface area is 161 Å². The molecule has 0 heterocycles. The van der Waals surface area contributed by atoms with Crippen LogP contribution in [0.3, 0.4) is 0 Å². The van der Waals surface area contributed by atoms with Crippen molar-refractivity contribution in [1.82, 2.24) is 0 Å². The van der Waals surface area contributed by atoms with Crippen molar-refractivity contribution in [3.63, 3.8) is 0 Å². The molecule has 0 aliphatic rings. The van der Waals surface area contributed by atoms with Crippen LogP contribution in [0.15, 0.2) is 78.9 Å². The first-order valence-corrected chi connectivity index (χ1v) is 8.61. The maximum absolute atomic E-state index is 6.27. The molecule has 0 aromatic heterocycles. The molecule has 4 heteroatoms. The largest absolute Gasteiger partial charge is 0.453 e. The highest BCUT2D eigenvalue weighted by Gasteiger charge is 2.13. The van der Waals surface area contributed by atoms with Crippen molar-refractivity contribution in [2.45, 2.75) is 25.8 Å². The third-order valence-corrected chi connectivity index (χ3v) is 3.94. The van der Waals surface area contributed by atoms with Gasteiger partial charge in [0.1, 0.15) is 11.5 Å². The van der Waals surface area contributed by atoms with Gasteiger partial charge < -0.3 is 15.2 Å². The molecule has 3 rings (SSSR count). The lowest BCUT2D eigenvalue weighted by atomic mass is 10.0. The molecule has 3 aromatic carbocycles. The quantitative estimate of drug-likeness (QED) is 0.517. The second-order valence-corrected chi connectivity index (χ2v) is 5.93. The van der Waals surface area contributed by atoms with Crippen LogP contribution >= 0.6 is 12.4 Å². The molecule has 0 aliphatic heterocycles. The second-order valence-electron chi connectivity index (χ2n) is 5.93. The SMILES string of the molecule is CCC[C@H](N)c1ccc(Oc2ccccc2)c(Oc2ccccc2)c1.Cl. The van der Waals surface area contributed by atoms with Gasteiger partial charge in [0.25, 0.3) is 0 Å². The van der Waals surface area contributed by atoms with Gasteiger partial charge in [-0.15, -0.1) is 12.4 Å². The highest BCUT2D eigenvalue weighted by molar-refractivity contribution is 5.85. The molecule has 0 fully saturated rings. The van der Waals surface area contributed by atoms with E-state index < -0.39 is 0 Å². The molecule has 0 saturated carbocycles. The predicted octanol–water partition coefficient (Wildman–Crippen LogP) is 6.49. The maximum atomic E-state index is 6.27. The summed E-state index contributed by atoms with van der Waals surface area (Å²) in [4.78, 5) is 0. The zero-order valence-electron chi connectivity index (χ0n) is 14.8. The monoisotopic (exact) mass is 369 g/mol. The summed E-state index contributed by atoms with van der Waals surface area (Å²) in [7, 11) is 0. The van der Waals surface area contributed by atoms with E-state index in [0.29, 0.717) is 11.5 Å². The van der Waals surface area contributed by atoms with Gasteiger partial charge in [-0.1, -0.05) is 55.8 Å². The van der Waals surface area contributed by atoms with Crippen molar-refractivity contribution in [3.8, 4) is 23.0 Å². The summed E-state index contributed by atoms with van der Waals surface area (Å²) in [5.74, 6) is 2.87. The van der Waals surface area contributed by atoms with E-state index >= 15 is 0 Å². The van der Waals surface area contributed by atoms with Crippen molar-refractivity contribution in [1.29, 1.82) is 0 Å². The number of para-hydroxylation sites is 2. The lowest BCUT2D eigenvalue weighted by Gasteiger charge is -2.16. The smallest absolute Gasteiger partial charge is 0.170 e. The van der Waals surface area contributed by atoms with E-state index in [1.165, 1.54) is 0 Å². The molecular weight excluding hydrogens is 346 g/mol. The molecule has 0 unspecified atom stereocenters. The van der Waals surface area contributed by atoms with E-state index in [9.17, 15) is 0 Å². The molecule has 0 saturated heterocycles. The molecule has 3 nitrogen and oxygen atoms in total. The first kappa shape index (κ1) is 19.8. The Morgan fingerprint density at radius 1 is 0.769 bits per heavy atom. The van der Waals surface area contributed by atoms with Crippen molar-refractivity contribution in [2.75, 3.05) is 0 Å². The van der Waals surface area contributed by atoms with Crippen molar-refractivity contribution >= 4 is 12.4 Å². The van der Waals surface area contributed by atoms with Crippen LogP contribution in [-0.2, 0) is 0 Å². The summed E-state index contributed by atoms with van der Waals surface area (Å²) in [6.07, 6.45) is 1.97. The molecule has 1 atom stereocenters. The Bertz CT molecular complexity index is 794. The number of hydrogen-bond donors (Lipinski definition) is 1.